The lowest BCUT2D eigenvalue weighted by Gasteiger charge is -2.26. The molecule has 8 heterocycles. The molecule has 39 heteroatoms. The van der Waals surface area contributed by atoms with Crippen molar-refractivity contribution in [3.63, 3.8) is 0 Å². The molecule has 0 aromatic heterocycles. The van der Waals surface area contributed by atoms with Crippen LogP contribution in [0.1, 0.15) is 210 Å². The molecule has 4 fully saturated rings. The number of nitrogens with one attached hydrogen (secondary N) is 1. The average molecular weight is 2070 g/mol. The number of hydrogen-bond donors (Lipinski definition) is 5. The van der Waals surface area contributed by atoms with Gasteiger partial charge >= 0.3 is 47.8 Å². The van der Waals surface area contributed by atoms with E-state index in [1.165, 1.54) is 12.0 Å². The van der Waals surface area contributed by atoms with Crippen molar-refractivity contribution in [2.45, 2.75) is 181 Å². The minimum Gasteiger partial charge on any atom is -0.507 e. The molecular weight excluding hydrogens is 1910 g/mol. The van der Waals surface area contributed by atoms with Crippen LogP contribution in [0.3, 0.4) is 0 Å². The molecule has 0 spiro atoms. The van der Waals surface area contributed by atoms with Gasteiger partial charge in [-0.15, -0.1) is 0 Å². The Kier molecular flexibility index (Phi) is 54.8. The van der Waals surface area contributed by atoms with Crippen molar-refractivity contribution < 1.29 is 158 Å². The van der Waals surface area contributed by atoms with Gasteiger partial charge < -0.3 is 120 Å². The topological polar surface area (TPSA) is 440 Å². The molecule has 4 saturated heterocycles. The van der Waals surface area contributed by atoms with E-state index in [9.17, 15) is 62.3 Å². The molecule has 12 rings (SSSR count). The number of rotatable bonds is 41. The number of carbonyl (C=O) groups is 8. The number of benzene rings is 4. The number of esters is 7. The molecule has 0 saturated carbocycles. The standard InChI is InChI=1S/2C26H38NO8P.C23H31NO7.C17H20O6.C6H13NO2.C3H9OP.3CH4/c2*1-18(7-9-22(28)33-15-12-27-10-13-32-14-11-27)6-8-20-24(31-3)19(2)21-16-34-26(29)23(21)25(20)35-17-36(4,5)30;1-15(5-7-19(25)30-13-10-24-8-11-29-12-9-24)4-6-17-21(26)20-18(14-31-23(20)27)16(2)22(17)28-3;1-9(5-7-13(18)19)4-6-11-15(20)14-12(8-23-17(14)21)10(2)16(11)22-3;8-4-1-7-2-5-9-6-3-7;1-5(2,3)4;;;/h2*6H,7-17H2,1-5H3;4,26H,5-14H2,1-3H3;4,20H,5-8H2,1-3H3,(H,18,19);8H,1-6H2;1-3H3;3*1H4/p+1/b2*18-6+;15-4+;9-4+;;;;;. The highest BCUT2D eigenvalue weighted by molar-refractivity contribution is 7.62. The van der Waals surface area contributed by atoms with Crippen LogP contribution < -0.4 is 33.3 Å². The monoisotopic (exact) mass is 2070 g/mol. The van der Waals surface area contributed by atoms with Crippen LogP contribution in [0.5, 0.6) is 46.0 Å². The van der Waals surface area contributed by atoms with Crippen molar-refractivity contribution in [2.75, 3.05) is 246 Å². The maximum Gasteiger partial charge on any atom is 0.342 e. The van der Waals surface area contributed by atoms with E-state index in [1.807, 2.05) is 79.7 Å². The number of carbonyl (C=O) groups excluding carboxylic acids is 7. The SMILES string of the molecule is C.C.C.COc1c(C)c2c(c(O)c1C/C=C(\C)CCC(=O)O)C(=O)OC2.COc1c(C)c2c(c(O)c1C/C=C(\C)CCC(=O)OCCN1CCOCC1)C(=O)OC2.COc1c(C)c2c(c(OCP(C)(C)=O)c1C/C=C(\C)CCC(=O)OCCN1CCOCC1)C(=O)OC2.COc1c(C)c2c(c(OCP(C)(C)=O)c1C/C=C(\C)CCC(=O)OCC[NH+]1CCOCC1)C(=O)OC2.CP(C)(C)=O.OCCN1CCOCC1. The number of carboxylic acids is 1. The molecule has 0 aliphatic carbocycles. The van der Waals surface area contributed by atoms with E-state index in [-0.39, 0.29) is 121 Å². The maximum absolute atomic E-state index is 12.5. The summed E-state index contributed by atoms with van der Waals surface area (Å²) in [6.07, 6.45) is 12.4. The van der Waals surface area contributed by atoms with E-state index < -0.39 is 51.3 Å². The molecule has 143 heavy (non-hydrogen) atoms. The third-order valence-electron chi connectivity index (χ3n) is 24.1. The number of cyclic esters (lactones) is 4. The zero-order valence-corrected chi connectivity index (χ0v) is 88.1. The molecule has 804 valence electrons. The van der Waals surface area contributed by atoms with Gasteiger partial charge in [0.25, 0.3) is 0 Å². The lowest BCUT2D eigenvalue weighted by Crippen LogP contribution is -3.14. The first-order valence-electron chi connectivity index (χ1n) is 47.5. The number of hydrogen-bond acceptors (Lipinski definition) is 34. The lowest BCUT2D eigenvalue weighted by molar-refractivity contribution is -0.908. The van der Waals surface area contributed by atoms with Crippen molar-refractivity contribution in [1.82, 2.24) is 14.7 Å². The molecule has 0 atom stereocenters. The number of aliphatic hydroxyl groups is 1. The first-order chi connectivity index (χ1) is 66.4. The molecule has 4 aromatic rings. The predicted molar refractivity (Wildman–Crippen MR) is 549 cm³/mol. The summed E-state index contributed by atoms with van der Waals surface area (Å²) in [7, 11) is -0.433. The second-order valence-corrected chi connectivity index (χ2v) is 47.6. The van der Waals surface area contributed by atoms with Gasteiger partial charge in [0.15, 0.2) is 0 Å². The Morgan fingerprint density at radius 2 is 0.650 bits per heavy atom. The number of phenols is 2. The summed E-state index contributed by atoms with van der Waals surface area (Å²) in [6, 6.07) is 0. The number of quaternary nitrogens is 1. The first kappa shape index (κ1) is 126. The fraction of sp³-hybridized carbons (Fsp3) is 0.615. The summed E-state index contributed by atoms with van der Waals surface area (Å²) in [4.78, 5) is 104. The number of nitrogens with zero attached hydrogens (tertiary/aromatic N) is 3. The Labute approximate surface area is 845 Å². The highest BCUT2D eigenvalue weighted by Crippen LogP contribution is 2.49. The van der Waals surface area contributed by atoms with Gasteiger partial charge in [0.2, 0.25) is 0 Å². The van der Waals surface area contributed by atoms with Crippen LogP contribution in [-0.4, -0.2) is 328 Å². The molecule has 4 aromatic carbocycles. The Hall–Kier alpha value is -9.67. The number of aromatic hydroxyl groups is 2. The number of methoxy groups -OCH3 is 4. The number of aliphatic carboxylic acids is 1. The number of fused-ring (bicyclic) bond motifs is 4. The summed E-state index contributed by atoms with van der Waals surface area (Å²) in [6.45, 7) is 45.3. The zero-order valence-electron chi connectivity index (χ0n) is 85.4. The third-order valence-corrected chi connectivity index (χ3v) is 25.6. The molecular formula is C104H162N4O32P3+. The van der Waals surface area contributed by atoms with Gasteiger partial charge in [-0.2, -0.15) is 0 Å². The maximum atomic E-state index is 12.5. The highest BCUT2D eigenvalue weighted by atomic mass is 31.2. The van der Waals surface area contributed by atoms with Crippen molar-refractivity contribution in [1.29, 1.82) is 0 Å². The smallest absolute Gasteiger partial charge is 0.342 e. The minimum absolute atomic E-state index is 0. The molecule has 36 nitrogen and oxygen atoms in total. The number of aliphatic hydroxyl groups excluding tert-OH is 1. The van der Waals surface area contributed by atoms with Crippen LogP contribution in [-0.2, 0) is 137 Å². The molecule has 8 aliphatic rings. The summed E-state index contributed by atoms with van der Waals surface area (Å²) >= 11 is 0. The van der Waals surface area contributed by atoms with Crippen LogP contribution in [0.4, 0.5) is 0 Å². The highest BCUT2D eigenvalue weighted by Gasteiger charge is 2.38. The fourth-order valence-electron chi connectivity index (χ4n) is 16.2. The third kappa shape index (κ3) is 40.6. The molecule has 0 amide bonds. The van der Waals surface area contributed by atoms with Crippen LogP contribution in [0.2, 0.25) is 0 Å². The zero-order chi connectivity index (χ0) is 103. The van der Waals surface area contributed by atoms with Gasteiger partial charge in [0.05, 0.1) is 95.0 Å². The summed E-state index contributed by atoms with van der Waals surface area (Å²) < 4.78 is 127. The number of allylic oxidation sites excluding steroid dienone is 8. The van der Waals surface area contributed by atoms with Gasteiger partial charge in [0.1, 0.15) is 161 Å². The van der Waals surface area contributed by atoms with E-state index in [2.05, 4.69) is 14.7 Å². The summed E-state index contributed by atoms with van der Waals surface area (Å²) in [5, 5.41) is 38.3. The fourth-order valence-corrected chi connectivity index (χ4v) is 17.1. The van der Waals surface area contributed by atoms with Crippen molar-refractivity contribution >= 4 is 69.2 Å². The number of β-amino-alcohol motifs (C(OH)–C–C–N with tert-alkyl or cyclic N) is 1. The number of carboxylic acid groups (broad SMARTS) is 1. The number of morpholine rings is 4. The second-order valence-electron chi connectivity index (χ2n) is 37.0. The molecule has 0 radical (unpaired) electrons. The normalized spacial score (nSPS) is 15.9. The number of phenolic OH excluding ortho intramolecular Hbond substituents is 2. The van der Waals surface area contributed by atoms with Gasteiger partial charge in [-0.1, -0.05) is 68.9 Å². The lowest BCUT2D eigenvalue weighted by atomic mass is 9.94. The molecule has 5 N–H and O–H groups in total. The van der Waals surface area contributed by atoms with Crippen LogP contribution >= 0.6 is 21.4 Å². The van der Waals surface area contributed by atoms with Crippen LogP contribution in [0.25, 0.3) is 0 Å². The van der Waals surface area contributed by atoms with Crippen LogP contribution in [0, 0.1) is 27.7 Å². The Balaban J connectivity index is 0.000000380. The van der Waals surface area contributed by atoms with E-state index in [0.29, 0.717) is 163 Å². The Morgan fingerprint density at radius 1 is 0.385 bits per heavy atom. The molecule has 8 aliphatic heterocycles. The van der Waals surface area contributed by atoms with Gasteiger partial charge in [-0.25, -0.2) is 19.2 Å². The summed E-state index contributed by atoms with van der Waals surface area (Å²) in [5.41, 5.74) is 13.6. The van der Waals surface area contributed by atoms with Gasteiger partial charge in [-0.3, -0.25) is 33.9 Å². The molecule has 0 bridgehead atoms. The predicted octanol–water partition coefficient (Wildman–Crippen LogP) is 13.9. The van der Waals surface area contributed by atoms with E-state index in [0.717, 1.165) is 187 Å². The average Bonchev–Trinajstić information content (AvgIpc) is 1.61. The minimum atomic E-state index is -2.50. The van der Waals surface area contributed by atoms with E-state index in [4.69, 9.17) is 90.7 Å². The quantitative estimate of drug-likeness (QED) is 0.0119. The second kappa shape index (κ2) is 62.3. The Bertz CT molecular complexity index is 5020. The molecule has 0 unspecified atom stereocenters. The van der Waals surface area contributed by atoms with Crippen molar-refractivity contribution in [3.8, 4) is 46.0 Å². The van der Waals surface area contributed by atoms with Gasteiger partial charge in [0, 0.05) is 129 Å². The largest absolute Gasteiger partial charge is 0.507 e. The summed E-state index contributed by atoms with van der Waals surface area (Å²) in [5.74, 6) is -0.604. The van der Waals surface area contributed by atoms with Crippen molar-refractivity contribution in [3.05, 3.63) is 136 Å². The van der Waals surface area contributed by atoms with Gasteiger partial charge in [-0.05, 0) is 176 Å². The van der Waals surface area contributed by atoms with E-state index in [1.54, 1.807) is 68.0 Å². The van der Waals surface area contributed by atoms with Crippen molar-refractivity contribution in [2.24, 2.45) is 0 Å². The van der Waals surface area contributed by atoms with E-state index >= 15 is 0 Å². The Morgan fingerprint density at radius 3 is 0.944 bits per heavy atom. The number of ether oxygens (including phenoxy) is 17. The van der Waals surface area contributed by atoms with Crippen LogP contribution in [0.15, 0.2) is 46.6 Å². The first-order valence-corrected chi connectivity index (χ1v) is 56.1.